The zero-order valence-electron chi connectivity index (χ0n) is 10.1. The van der Waals surface area contributed by atoms with E-state index in [2.05, 4.69) is 4.74 Å². The molecule has 0 aromatic heterocycles. The molecule has 0 saturated carbocycles. The Morgan fingerprint density at radius 2 is 1.94 bits per heavy atom. The first-order valence-corrected chi connectivity index (χ1v) is 5.73. The lowest BCUT2D eigenvalue weighted by molar-refractivity contribution is -0.164. The van der Waals surface area contributed by atoms with E-state index in [1.165, 1.54) is 6.92 Å². The number of hydrogen-bond acceptors (Lipinski definition) is 3. The summed E-state index contributed by atoms with van der Waals surface area (Å²) in [6.07, 6.45) is -4.80. The van der Waals surface area contributed by atoms with Crippen molar-refractivity contribution in [2.75, 3.05) is 26.1 Å². The number of hydrogen-bond donors (Lipinski definition) is 0. The number of nitrogens with zero attached hydrogens (tertiary/aromatic N) is 1. The molecule has 1 amide bonds. The lowest BCUT2D eigenvalue weighted by Crippen LogP contribution is -2.43. The number of carbonyl (C=O) groups is 2. The Labute approximate surface area is 108 Å². The maximum atomic E-state index is 12.3. The van der Waals surface area contributed by atoms with Crippen LogP contribution in [0.1, 0.15) is 13.3 Å². The van der Waals surface area contributed by atoms with Gasteiger partial charge in [0.25, 0.3) is 0 Å². The predicted octanol–water partition coefficient (Wildman–Crippen LogP) is 1.82. The smallest absolute Gasteiger partial charge is 0.406 e. The van der Waals surface area contributed by atoms with Gasteiger partial charge < -0.3 is 9.64 Å². The van der Waals surface area contributed by atoms with Gasteiger partial charge in [0, 0.05) is 18.3 Å². The SMILES string of the molecule is COC(=O)CCN(CC(F)(F)F)C(=O)C(C)CCl. The van der Waals surface area contributed by atoms with Crippen molar-refractivity contribution in [2.24, 2.45) is 5.92 Å². The zero-order chi connectivity index (χ0) is 14.3. The summed E-state index contributed by atoms with van der Waals surface area (Å²) in [5.74, 6) is -2.21. The molecule has 18 heavy (non-hydrogen) atoms. The second-order valence-corrected chi connectivity index (χ2v) is 4.07. The molecule has 0 N–H and O–H groups in total. The Hall–Kier alpha value is -0.980. The van der Waals surface area contributed by atoms with Crippen molar-refractivity contribution in [3.8, 4) is 0 Å². The Balaban J connectivity index is 4.62. The van der Waals surface area contributed by atoms with Gasteiger partial charge >= 0.3 is 12.1 Å². The van der Waals surface area contributed by atoms with Crippen LogP contribution in [-0.4, -0.2) is 49.0 Å². The molecule has 0 heterocycles. The van der Waals surface area contributed by atoms with E-state index in [1.807, 2.05) is 0 Å². The molecule has 106 valence electrons. The molecule has 0 saturated heterocycles. The van der Waals surface area contributed by atoms with Gasteiger partial charge in [-0.1, -0.05) is 6.92 Å². The van der Waals surface area contributed by atoms with E-state index in [9.17, 15) is 22.8 Å². The van der Waals surface area contributed by atoms with Crippen LogP contribution in [0.4, 0.5) is 13.2 Å². The van der Waals surface area contributed by atoms with Gasteiger partial charge in [0.15, 0.2) is 0 Å². The summed E-state index contributed by atoms with van der Waals surface area (Å²) in [7, 11) is 1.12. The third-order valence-corrected chi connectivity index (χ3v) is 2.61. The van der Waals surface area contributed by atoms with Crippen LogP contribution in [0.5, 0.6) is 0 Å². The van der Waals surface area contributed by atoms with Crippen LogP contribution in [0.3, 0.4) is 0 Å². The van der Waals surface area contributed by atoms with Gasteiger partial charge in [0.05, 0.1) is 13.5 Å². The maximum Gasteiger partial charge on any atom is 0.406 e. The van der Waals surface area contributed by atoms with Crippen molar-refractivity contribution in [3.63, 3.8) is 0 Å². The standard InChI is InChI=1S/C10H15ClF3NO3/c1-7(5-11)9(17)15(6-10(12,13)14)4-3-8(16)18-2/h7H,3-6H2,1-2H3. The Morgan fingerprint density at radius 1 is 1.39 bits per heavy atom. The number of alkyl halides is 4. The fourth-order valence-corrected chi connectivity index (χ4v) is 1.32. The summed E-state index contributed by atoms with van der Waals surface area (Å²) in [4.78, 5) is 23.1. The highest BCUT2D eigenvalue weighted by Crippen LogP contribution is 2.18. The van der Waals surface area contributed by atoms with Crippen LogP contribution in [0.25, 0.3) is 0 Å². The maximum absolute atomic E-state index is 12.3. The molecule has 1 atom stereocenters. The second kappa shape index (κ2) is 7.45. The predicted molar refractivity (Wildman–Crippen MR) is 59.2 cm³/mol. The highest BCUT2D eigenvalue weighted by molar-refractivity contribution is 6.19. The van der Waals surface area contributed by atoms with E-state index in [-0.39, 0.29) is 18.8 Å². The van der Waals surface area contributed by atoms with E-state index >= 15 is 0 Å². The number of carbonyl (C=O) groups excluding carboxylic acids is 2. The molecule has 0 aliphatic carbocycles. The van der Waals surface area contributed by atoms with Crippen LogP contribution < -0.4 is 0 Å². The average molecular weight is 290 g/mol. The molecule has 0 rings (SSSR count). The monoisotopic (exact) mass is 289 g/mol. The third kappa shape index (κ3) is 6.68. The van der Waals surface area contributed by atoms with Gasteiger partial charge in [-0.2, -0.15) is 13.2 Å². The molecule has 0 aliphatic rings. The third-order valence-electron chi connectivity index (χ3n) is 2.15. The van der Waals surface area contributed by atoms with Gasteiger partial charge in [-0.3, -0.25) is 9.59 Å². The minimum atomic E-state index is -4.52. The van der Waals surface area contributed by atoms with Crippen molar-refractivity contribution in [2.45, 2.75) is 19.5 Å². The van der Waals surface area contributed by atoms with Gasteiger partial charge in [0.1, 0.15) is 6.54 Å². The van der Waals surface area contributed by atoms with Crippen LogP contribution in [0.2, 0.25) is 0 Å². The molecule has 1 unspecified atom stereocenters. The fraction of sp³-hybridized carbons (Fsp3) is 0.800. The molecule has 0 spiro atoms. The number of halogens is 4. The summed E-state index contributed by atoms with van der Waals surface area (Å²) in [6.45, 7) is -0.312. The van der Waals surface area contributed by atoms with Gasteiger partial charge in [-0.15, -0.1) is 11.6 Å². The molecule has 8 heteroatoms. The Bertz CT molecular complexity index is 297. The summed E-state index contributed by atoms with van der Waals surface area (Å²) in [6, 6.07) is 0. The van der Waals surface area contributed by atoms with E-state index in [0.29, 0.717) is 4.90 Å². The molecule has 0 aromatic carbocycles. The second-order valence-electron chi connectivity index (χ2n) is 3.76. The summed E-state index contributed by atoms with van der Waals surface area (Å²) >= 11 is 5.43. The van der Waals surface area contributed by atoms with Crippen molar-refractivity contribution < 1.29 is 27.5 Å². The topological polar surface area (TPSA) is 46.6 Å². The van der Waals surface area contributed by atoms with Gasteiger partial charge in [-0.25, -0.2) is 0 Å². The van der Waals surface area contributed by atoms with Crippen molar-refractivity contribution in [3.05, 3.63) is 0 Å². The molecule has 0 aliphatic heterocycles. The minimum Gasteiger partial charge on any atom is -0.469 e. The zero-order valence-corrected chi connectivity index (χ0v) is 10.8. The molecular formula is C10H15ClF3NO3. The van der Waals surface area contributed by atoms with Crippen LogP contribution in [0.15, 0.2) is 0 Å². The van der Waals surface area contributed by atoms with Crippen LogP contribution in [-0.2, 0) is 14.3 Å². The summed E-state index contributed by atoms with van der Waals surface area (Å²) < 4.78 is 41.2. The summed E-state index contributed by atoms with van der Waals surface area (Å²) in [5.41, 5.74) is 0. The van der Waals surface area contributed by atoms with Crippen molar-refractivity contribution in [1.82, 2.24) is 4.90 Å². The Morgan fingerprint density at radius 3 is 2.33 bits per heavy atom. The minimum absolute atomic E-state index is 0.0780. The molecule has 0 radical (unpaired) electrons. The van der Waals surface area contributed by atoms with E-state index in [4.69, 9.17) is 11.6 Å². The average Bonchev–Trinajstić information content (AvgIpc) is 2.30. The molecule has 4 nitrogen and oxygen atoms in total. The molecule has 0 aromatic rings. The van der Waals surface area contributed by atoms with Crippen molar-refractivity contribution >= 4 is 23.5 Å². The number of amides is 1. The van der Waals surface area contributed by atoms with E-state index < -0.39 is 30.5 Å². The first-order valence-electron chi connectivity index (χ1n) is 5.19. The lowest BCUT2D eigenvalue weighted by Gasteiger charge is -2.25. The molecule has 0 fully saturated rings. The number of ether oxygens (including phenoxy) is 1. The normalized spacial score (nSPS) is 13.0. The Kier molecular flexibility index (Phi) is 7.05. The fourth-order valence-electron chi connectivity index (χ4n) is 1.19. The number of esters is 1. The van der Waals surface area contributed by atoms with E-state index in [0.717, 1.165) is 7.11 Å². The number of rotatable bonds is 6. The van der Waals surface area contributed by atoms with Crippen molar-refractivity contribution in [1.29, 1.82) is 0 Å². The van der Waals surface area contributed by atoms with Crippen LogP contribution >= 0.6 is 11.6 Å². The first kappa shape index (κ1) is 17.0. The van der Waals surface area contributed by atoms with Gasteiger partial charge in [-0.05, 0) is 0 Å². The van der Waals surface area contributed by atoms with E-state index in [1.54, 1.807) is 0 Å². The molecular weight excluding hydrogens is 275 g/mol. The molecule has 0 bridgehead atoms. The number of methoxy groups -OCH3 is 1. The highest BCUT2D eigenvalue weighted by Gasteiger charge is 2.34. The lowest BCUT2D eigenvalue weighted by atomic mass is 10.2. The highest BCUT2D eigenvalue weighted by atomic mass is 35.5. The first-order chi connectivity index (χ1) is 8.21. The quantitative estimate of drug-likeness (QED) is 0.553. The van der Waals surface area contributed by atoms with Gasteiger partial charge in [0.2, 0.25) is 5.91 Å². The van der Waals surface area contributed by atoms with Crippen LogP contribution in [0, 0.1) is 5.92 Å². The largest absolute Gasteiger partial charge is 0.469 e. The summed E-state index contributed by atoms with van der Waals surface area (Å²) in [5, 5.41) is 0.